The van der Waals surface area contributed by atoms with Gasteiger partial charge in [-0.2, -0.15) is 0 Å². The number of guanidine groups is 1. The molecule has 2 rings (SSSR count). The van der Waals surface area contributed by atoms with Gasteiger partial charge in [0.25, 0.3) is 0 Å². The van der Waals surface area contributed by atoms with E-state index >= 15 is 0 Å². The first-order valence-electron chi connectivity index (χ1n) is 8.20. The van der Waals surface area contributed by atoms with Crippen LogP contribution < -0.4 is 16.4 Å². The average Bonchev–Trinajstić information content (AvgIpc) is 2.61. The second kappa shape index (κ2) is 11.8. The van der Waals surface area contributed by atoms with E-state index < -0.39 is 0 Å². The molecule has 6 nitrogen and oxygen atoms in total. The lowest BCUT2D eigenvalue weighted by Crippen LogP contribution is -2.24. The van der Waals surface area contributed by atoms with Gasteiger partial charge in [0.05, 0.1) is 13.2 Å². The van der Waals surface area contributed by atoms with Crippen molar-refractivity contribution in [1.29, 1.82) is 0 Å². The monoisotopic (exact) mass is 502 g/mol. The molecule has 0 fully saturated rings. The molecule has 2 aromatic rings. The molecule has 146 valence electrons. The number of halogens is 2. The minimum atomic E-state index is -0.147. The van der Waals surface area contributed by atoms with Gasteiger partial charge >= 0.3 is 0 Å². The molecular formula is C19H24ClIN4O2. The molecule has 0 spiro atoms. The molecule has 2 aromatic carbocycles. The van der Waals surface area contributed by atoms with Crippen LogP contribution in [0.4, 0.5) is 11.4 Å². The van der Waals surface area contributed by atoms with E-state index in [1.807, 2.05) is 37.3 Å². The summed E-state index contributed by atoms with van der Waals surface area (Å²) in [6.45, 7) is 2.60. The number of nitrogens with two attached hydrogens (primary N) is 1. The second-order valence-corrected chi connectivity index (χ2v) is 6.10. The van der Waals surface area contributed by atoms with E-state index in [-0.39, 0.29) is 48.8 Å². The highest BCUT2D eigenvalue weighted by molar-refractivity contribution is 14.0. The summed E-state index contributed by atoms with van der Waals surface area (Å²) in [4.78, 5) is 16.3. The minimum absolute atomic E-state index is 0. The summed E-state index contributed by atoms with van der Waals surface area (Å²) in [6.07, 6.45) is 0.216. The molecule has 0 saturated heterocycles. The van der Waals surface area contributed by atoms with Crippen molar-refractivity contribution in [2.45, 2.75) is 20.0 Å². The molecule has 0 atom stereocenters. The Kier molecular flexibility index (Phi) is 10.1. The van der Waals surface area contributed by atoms with E-state index in [0.717, 1.165) is 16.8 Å². The lowest BCUT2D eigenvalue weighted by Gasteiger charge is -2.11. The summed E-state index contributed by atoms with van der Waals surface area (Å²) in [7, 11) is 1.63. The van der Waals surface area contributed by atoms with Gasteiger partial charge in [-0.1, -0.05) is 35.9 Å². The fraction of sp³-hybridized carbons (Fsp3) is 0.263. The Hall–Kier alpha value is -1.84. The Balaban J connectivity index is 0.00000364. The fourth-order valence-corrected chi connectivity index (χ4v) is 2.51. The van der Waals surface area contributed by atoms with Gasteiger partial charge in [0.1, 0.15) is 0 Å². The highest BCUT2D eigenvalue weighted by atomic mass is 127. The van der Waals surface area contributed by atoms with Gasteiger partial charge in [0.2, 0.25) is 5.91 Å². The average molecular weight is 503 g/mol. The highest BCUT2D eigenvalue weighted by Gasteiger charge is 2.07. The largest absolute Gasteiger partial charge is 0.380 e. The quantitative estimate of drug-likeness (QED) is 0.301. The Morgan fingerprint density at radius 2 is 1.85 bits per heavy atom. The van der Waals surface area contributed by atoms with Crippen LogP contribution in [-0.2, 0) is 16.1 Å². The van der Waals surface area contributed by atoms with Gasteiger partial charge in [-0.05, 0) is 30.7 Å². The van der Waals surface area contributed by atoms with Crippen molar-refractivity contribution in [1.82, 2.24) is 0 Å². The number of methoxy groups -OCH3 is 1. The Labute approximate surface area is 181 Å². The summed E-state index contributed by atoms with van der Waals surface area (Å²) in [5.74, 6) is 0.104. The number of nitrogens with zero attached hydrogens (tertiary/aromatic N) is 1. The van der Waals surface area contributed by atoms with E-state index in [9.17, 15) is 4.79 Å². The lowest BCUT2D eigenvalue weighted by atomic mass is 10.2. The number of benzene rings is 2. The topological polar surface area (TPSA) is 88.7 Å². The van der Waals surface area contributed by atoms with Crippen LogP contribution in [0.3, 0.4) is 0 Å². The summed E-state index contributed by atoms with van der Waals surface area (Å²) in [5.41, 5.74) is 9.24. The smallest absolute Gasteiger partial charge is 0.226 e. The molecule has 0 aliphatic rings. The normalized spacial score (nSPS) is 10.9. The SMILES string of the molecule is COCc1ccccc1NC(N)=NCCC(=O)Nc1cccc(Cl)c1C.I. The predicted octanol–water partition coefficient (Wildman–Crippen LogP) is 4.17. The van der Waals surface area contributed by atoms with Gasteiger partial charge in [-0.25, -0.2) is 0 Å². The van der Waals surface area contributed by atoms with Crippen LogP contribution in [0.5, 0.6) is 0 Å². The van der Waals surface area contributed by atoms with Crippen LogP contribution in [0.2, 0.25) is 5.02 Å². The van der Waals surface area contributed by atoms with Gasteiger partial charge < -0.3 is 21.1 Å². The molecule has 27 heavy (non-hydrogen) atoms. The molecule has 0 aromatic heterocycles. The maximum absolute atomic E-state index is 12.1. The zero-order valence-corrected chi connectivity index (χ0v) is 18.4. The van der Waals surface area contributed by atoms with Crippen molar-refractivity contribution < 1.29 is 9.53 Å². The van der Waals surface area contributed by atoms with Crippen molar-refractivity contribution in [3.63, 3.8) is 0 Å². The standard InChI is InChI=1S/C19H23ClN4O2.HI/c1-13-15(20)7-5-9-16(13)23-18(25)10-11-22-19(21)24-17-8-4-3-6-14(17)12-26-2;/h3-9H,10-12H2,1-2H3,(H,23,25)(H3,21,22,24);1H. The number of amides is 1. The maximum atomic E-state index is 12.1. The maximum Gasteiger partial charge on any atom is 0.226 e. The number of aliphatic imine (C=N–C) groups is 1. The number of hydrogen-bond donors (Lipinski definition) is 3. The molecule has 8 heteroatoms. The van der Waals surface area contributed by atoms with E-state index in [4.69, 9.17) is 22.1 Å². The summed E-state index contributed by atoms with van der Waals surface area (Å²) in [6, 6.07) is 13.0. The Morgan fingerprint density at radius 1 is 1.15 bits per heavy atom. The molecule has 0 aliphatic heterocycles. The molecule has 0 heterocycles. The van der Waals surface area contributed by atoms with E-state index in [1.54, 1.807) is 19.2 Å². The van der Waals surface area contributed by atoms with Crippen LogP contribution >= 0.6 is 35.6 Å². The van der Waals surface area contributed by atoms with Crippen molar-refractivity contribution in [2.75, 3.05) is 24.3 Å². The zero-order valence-electron chi connectivity index (χ0n) is 15.3. The van der Waals surface area contributed by atoms with E-state index in [0.29, 0.717) is 17.3 Å². The molecular weight excluding hydrogens is 479 g/mol. The van der Waals surface area contributed by atoms with Gasteiger partial charge in [-0.15, -0.1) is 24.0 Å². The fourth-order valence-electron chi connectivity index (χ4n) is 2.33. The van der Waals surface area contributed by atoms with Crippen LogP contribution in [0.15, 0.2) is 47.5 Å². The molecule has 1 amide bonds. The molecule has 0 bridgehead atoms. The first-order chi connectivity index (χ1) is 12.5. The summed E-state index contributed by atoms with van der Waals surface area (Å²) >= 11 is 6.05. The lowest BCUT2D eigenvalue weighted by molar-refractivity contribution is -0.116. The molecule has 0 aliphatic carbocycles. The summed E-state index contributed by atoms with van der Waals surface area (Å²) in [5, 5.41) is 6.48. The van der Waals surface area contributed by atoms with Crippen molar-refractivity contribution in [2.24, 2.45) is 10.7 Å². The number of anilines is 2. The number of hydrogen-bond acceptors (Lipinski definition) is 3. The Morgan fingerprint density at radius 3 is 2.59 bits per heavy atom. The molecule has 0 unspecified atom stereocenters. The first-order valence-corrected chi connectivity index (χ1v) is 8.57. The van der Waals surface area contributed by atoms with Gasteiger partial charge in [0.15, 0.2) is 5.96 Å². The summed E-state index contributed by atoms with van der Waals surface area (Å²) < 4.78 is 5.15. The minimum Gasteiger partial charge on any atom is -0.380 e. The third-order valence-electron chi connectivity index (χ3n) is 3.74. The predicted molar refractivity (Wildman–Crippen MR) is 122 cm³/mol. The zero-order chi connectivity index (χ0) is 18.9. The van der Waals surface area contributed by atoms with Crippen molar-refractivity contribution >= 4 is 58.8 Å². The van der Waals surface area contributed by atoms with Crippen LogP contribution in [0.1, 0.15) is 17.5 Å². The number of rotatable bonds is 7. The first kappa shape index (κ1) is 23.2. The number of carbonyl (C=O) groups is 1. The Bertz CT molecular complexity index is 799. The number of ether oxygens (including phenoxy) is 1. The number of nitrogens with one attached hydrogen (secondary N) is 2. The molecule has 0 radical (unpaired) electrons. The van der Waals surface area contributed by atoms with Gasteiger partial charge in [0, 0.05) is 35.5 Å². The van der Waals surface area contributed by atoms with Crippen LogP contribution in [0.25, 0.3) is 0 Å². The number of carbonyl (C=O) groups excluding carboxylic acids is 1. The third-order valence-corrected chi connectivity index (χ3v) is 4.15. The molecule has 4 N–H and O–H groups in total. The van der Waals surface area contributed by atoms with Crippen LogP contribution in [0, 0.1) is 6.92 Å². The number of para-hydroxylation sites is 1. The van der Waals surface area contributed by atoms with Crippen molar-refractivity contribution in [3.8, 4) is 0 Å². The highest BCUT2D eigenvalue weighted by Crippen LogP contribution is 2.23. The van der Waals surface area contributed by atoms with E-state index in [2.05, 4.69) is 15.6 Å². The molecule has 0 saturated carbocycles. The van der Waals surface area contributed by atoms with Crippen molar-refractivity contribution in [3.05, 3.63) is 58.6 Å². The van der Waals surface area contributed by atoms with E-state index in [1.165, 1.54) is 0 Å². The van der Waals surface area contributed by atoms with Gasteiger partial charge in [-0.3, -0.25) is 9.79 Å². The van der Waals surface area contributed by atoms with Crippen LogP contribution in [-0.4, -0.2) is 25.5 Å². The second-order valence-electron chi connectivity index (χ2n) is 5.69. The third kappa shape index (κ3) is 7.36.